The third kappa shape index (κ3) is 4.91. The number of halogens is 1. The van der Waals surface area contributed by atoms with E-state index in [9.17, 15) is 0 Å². The maximum atomic E-state index is 6.20. The smallest absolute Gasteiger partial charge is 0.191 e. The zero-order valence-electron chi connectivity index (χ0n) is 17.6. The molecule has 1 aromatic heterocycles. The van der Waals surface area contributed by atoms with Crippen LogP contribution in [-0.4, -0.2) is 54.0 Å². The molecular formula is C22H26ClN7O. The van der Waals surface area contributed by atoms with Gasteiger partial charge in [-0.1, -0.05) is 29.8 Å². The fraction of sp³-hybridized carbons (Fsp3) is 0.318. The summed E-state index contributed by atoms with van der Waals surface area (Å²) in [5.41, 5.74) is 2.03. The van der Waals surface area contributed by atoms with Crippen LogP contribution in [0.5, 0.6) is 5.75 Å². The molecule has 0 radical (unpaired) electrons. The van der Waals surface area contributed by atoms with Gasteiger partial charge in [0.1, 0.15) is 12.1 Å². The van der Waals surface area contributed by atoms with Crippen LogP contribution in [0.3, 0.4) is 0 Å². The van der Waals surface area contributed by atoms with Gasteiger partial charge < -0.3 is 20.3 Å². The van der Waals surface area contributed by atoms with E-state index >= 15 is 0 Å². The highest BCUT2D eigenvalue weighted by Crippen LogP contribution is 2.33. The average Bonchev–Trinajstić information content (AvgIpc) is 3.46. The van der Waals surface area contributed by atoms with Gasteiger partial charge in [0.15, 0.2) is 11.8 Å². The number of guanidine groups is 1. The highest BCUT2D eigenvalue weighted by atomic mass is 35.5. The molecule has 9 heteroatoms. The Kier molecular flexibility index (Phi) is 6.57. The fourth-order valence-corrected chi connectivity index (χ4v) is 3.91. The second kappa shape index (κ2) is 9.70. The summed E-state index contributed by atoms with van der Waals surface area (Å²) in [5, 5.41) is 15.9. The Labute approximate surface area is 186 Å². The van der Waals surface area contributed by atoms with Crippen LogP contribution in [0.25, 0.3) is 5.69 Å². The van der Waals surface area contributed by atoms with Crippen molar-refractivity contribution in [2.24, 2.45) is 4.99 Å². The molecule has 1 saturated heterocycles. The topological polar surface area (TPSA) is 79.6 Å². The fourth-order valence-electron chi connectivity index (χ4n) is 3.74. The molecule has 2 heterocycles. The number of aromatic nitrogens is 3. The molecule has 31 heavy (non-hydrogen) atoms. The standard InChI is InChI=1S/C22H26ClN7O/c1-24-22(25-13-21-28-26-15-30(21)18-6-4-3-5-7-18)27-17-10-11-29(14-17)19-12-16(23)8-9-20(19)31-2/h3-9,12,15,17H,10-11,13-14H2,1-2H3,(H2,24,25,27). The number of anilines is 1. The molecule has 0 bridgehead atoms. The second-order valence-electron chi connectivity index (χ2n) is 7.27. The molecule has 162 valence electrons. The first-order chi connectivity index (χ1) is 15.2. The van der Waals surface area contributed by atoms with Crippen molar-refractivity contribution in [2.45, 2.75) is 19.0 Å². The maximum Gasteiger partial charge on any atom is 0.191 e. The predicted octanol–water partition coefficient (Wildman–Crippen LogP) is 2.87. The number of para-hydroxylation sites is 1. The average molecular weight is 440 g/mol. The molecule has 1 fully saturated rings. The molecule has 1 aliphatic heterocycles. The Morgan fingerprint density at radius 3 is 2.87 bits per heavy atom. The Hall–Kier alpha value is -3.26. The molecule has 4 rings (SSSR count). The van der Waals surface area contributed by atoms with E-state index < -0.39 is 0 Å². The Morgan fingerprint density at radius 2 is 2.10 bits per heavy atom. The SMILES string of the molecule is CN=C(NCc1nncn1-c1ccccc1)NC1CCN(c2cc(Cl)ccc2OC)C1. The highest BCUT2D eigenvalue weighted by molar-refractivity contribution is 6.30. The summed E-state index contributed by atoms with van der Waals surface area (Å²) in [6.07, 6.45) is 2.70. The quantitative estimate of drug-likeness (QED) is 0.454. The first-order valence-electron chi connectivity index (χ1n) is 10.2. The number of hydrogen-bond donors (Lipinski definition) is 2. The van der Waals surface area contributed by atoms with Crippen molar-refractivity contribution < 1.29 is 4.74 Å². The normalized spacial score (nSPS) is 16.4. The summed E-state index contributed by atoms with van der Waals surface area (Å²) in [4.78, 5) is 6.65. The van der Waals surface area contributed by atoms with Crippen LogP contribution in [0, 0.1) is 0 Å². The van der Waals surface area contributed by atoms with Crippen LogP contribution in [0.1, 0.15) is 12.2 Å². The molecule has 0 aliphatic carbocycles. The zero-order valence-corrected chi connectivity index (χ0v) is 18.4. The van der Waals surface area contributed by atoms with Crippen LogP contribution in [-0.2, 0) is 6.54 Å². The van der Waals surface area contributed by atoms with Gasteiger partial charge in [0.05, 0.1) is 19.3 Å². The Bertz CT molecular complexity index is 1040. The number of ether oxygens (including phenoxy) is 1. The first-order valence-corrected chi connectivity index (χ1v) is 10.6. The summed E-state index contributed by atoms with van der Waals surface area (Å²) >= 11 is 6.20. The lowest BCUT2D eigenvalue weighted by molar-refractivity contribution is 0.415. The second-order valence-corrected chi connectivity index (χ2v) is 7.71. The van der Waals surface area contributed by atoms with Gasteiger partial charge in [0, 0.05) is 36.9 Å². The molecule has 8 nitrogen and oxygen atoms in total. The lowest BCUT2D eigenvalue weighted by atomic mass is 10.2. The molecule has 2 aromatic carbocycles. The molecule has 0 amide bonds. The number of nitrogens with one attached hydrogen (secondary N) is 2. The van der Waals surface area contributed by atoms with Gasteiger partial charge in [-0.25, -0.2) is 0 Å². The number of aliphatic imine (C=N–C) groups is 1. The van der Waals surface area contributed by atoms with E-state index in [0.717, 1.165) is 48.4 Å². The van der Waals surface area contributed by atoms with E-state index in [1.165, 1.54) is 0 Å². The van der Waals surface area contributed by atoms with E-state index in [4.69, 9.17) is 16.3 Å². The van der Waals surface area contributed by atoms with Crippen LogP contribution in [0.2, 0.25) is 5.02 Å². The summed E-state index contributed by atoms with van der Waals surface area (Å²) in [6, 6.07) is 16.0. The summed E-state index contributed by atoms with van der Waals surface area (Å²) in [7, 11) is 3.45. The van der Waals surface area contributed by atoms with E-state index in [2.05, 4.69) is 30.7 Å². The third-order valence-corrected chi connectivity index (χ3v) is 5.54. The molecule has 2 N–H and O–H groups in total. The maximum absolute atomic E-state index is 6.20. The minimum Gasteiger partial charge on any atom is -0.495 e. The minimum atomic E-state index is 0.252. The molecule has 1 aliphatic rings. The molecular weight excluding hydrogens is 414 g/mol. The van der Waals surface area contributed by atoms with Gasteiger partial charge in [0.25, 0.3) is 0 Å². The van der Waals surface area contributed by atoms with Crippen molar-refractivity contribution in [1.29, 1.82) is 0 Å². The van der Waals surface area contributed by atoms with Crippen LogP contribution in [0.4, 0.5) is 5.69 Å². The van der Waals surface area contributed by atoms with Crippen molar-refractivity contribution in [3.05, 3.63) is 65.7 Å². The van der Waals surface area contributed by atoms with Crippen molar-refractivity contribution in [2.75, 3.05) is 32.1 Å². The first kappa shape index (κ1) is 21.0. The number of methoxy groups -OCH3 is 1. The Balaban J connectivity index is 1.36. The van der Waals surface area contributed by atoms with Crippen LogP contribution < -0.4 is 20.3 Å². The molecule has 0 spiro atoms. The van der Waals surface area contributed by atoms with E-state index in [1.807, 2.05) is 53.1 Å². The van der Waals surface area contributed by atoms with E-state index in [1.54, 1.807) is 20.5 Å². The van der Waals surface area contributed by atoms with Gasteiger partial charge in [-0.05, 0) is 36.8 Å². The molecule has 1 unspecified atom stereocenters. The largest absolute Gasteiger partial charge is 0.495 e. The van der Waals surface area contributed by atoms with E-state index in [0.29, 0.717) is 11.6 Å². The highest BCUT2D eigenvalue weighted by Gasteiger charge is 2.25. The van der Waals surface area contributed by atoms with Crippen molar-refractivity contribution in [3.63, 3.8) is 0 Å². The van der Waals surface area contributed by atoms with Crippen molar-refractivity contribution in [3.8, 4) is 11.4 Å². The summed E-state index contributed by atoms with van der Waals surface area (Å²) in [5.74, 6) is 2.37. The van der Waals surface area contributed by atoms with Crippen LogP contribution >= 0.6 is 11.6 Å². The summed E-state index contributed by atoms with van der Waals surface area (Å²) < 4.78 is 7.47. The lowest BCUT2D eigenvalue weighted by Gasteiger charge is -2.22. The van der Waals surface area contributed by atoms with Gasteiger partial charge >= 0.3 is 0 Å². The number of rotatable bonds is 6. The van der Waals surface area contributed by atoms with Crippen molar-refractivity contribution >= 4 is 23.2 Å². The zero-order chi connectivity index (χ0) is 21.6. The lowest BCUT2D eigenvalue weighted by Crippen LogP contribution is -2.44. The van der Waals surface area contributed by atoms with Gasteiger partial charge in [-0.15, -0.1) is 10.2 Å². The molecule has 3 aromatic rings. The van der Waals surface area contributed by atoms with Crippen molar-refractivity contribution in [1.82, 2.24) is 25.4 Å². The van der Waals surface area contributed by atoms with Gasteiger partial charge in [-0.2, -0.15) is 0 Å². The molecule has 0 saturated carbocycles. The van der Waals surface area contributed by atoms with E-state index in [-0.39, 0.29) is 6.04 Å². The number of benzene rings is 2. The monoisotopic (exact) mass is 439 g/mol. The minimum absolute atomic E-state index is 0.252. The number of hydrogen-bond acceptors (Lipinski definition) is 5. The third-order valence-electron chi connectivity index (χ3n) is 5.30. The van der Waals surface area contributed by atoms with Crippen LogP contribution in [0.15, 0.2) is 59.9 Å². The molecule has 1 atom stereocenters. The number of nitrogens with zero attached hydrogens (tertiary/aromatic N) is 5. The Morgan fingerprint density at radius 1 is 1.26 bits per heavy atom. The summed E-state index contributed by atoms with van der Waals surface area (Å²) in [6.45, 7) is 2.25. The van der Waals surface area contributed by atoms with Gasteiger partial charge in [-0.3, -0.25) is 9.56 Å². The predicted molar refractivity (Wildman–Crippen MR) is 123 cm³/mol. The van der Waals surface area contributed by atoms with Gasteiger partial charge in [0.2, 0.25) is 0 Å².